The number of nitrogens with one attached hydrogen (secondary N) is 3. The fourth-order valence-corrected chi connectivity index (χ4v) is 1.26. The maximum absolute atomic E-state index is 11.8. The highest BCUT2D eigenvalue weighted by molar-refractivity contribution is 5.93. The van der Waals surface area contributed by atoms with Crippen molar-refractivity contribution in [1.29, 1.82) is 0 Å². The van der Waals surface area contributed by atoms with Gasteiger partial charge in [0, 0.05) is 0 Å². The Hall–Kier alpha value is -2.69. The molecule has 7 N–H and O–H groups in total. The molecule has 0 aromatic rings. The minimum Gasteiger partial charge on any atom is -0.481 e. The van der Waals surface area contributed by atoms with Crippen LogP contribution in [0.3, 0.4) is 0 Å². The molecule has 0 radical (unpaired) electrons. The highest BCUT2D eigenvalue weighted by Crippen LogP contribution is 1.95. The number of amides is 3. The van der Waals surface area contributed by atoms with Crippen LogP contribution in [0.4, 0.5) is 0 Å². The highest BCUT2D eigenvalue weighted by atomic mass is 16.4. The van der Waals surface area contributed by atoms with E-state index < -0.39 is 54.7 Å². The first-order chi connectivity index (χ1) is 10.2. The third-order valence-corrected chi connectivity index (χ3v) is 2.39. The molecule has 0 aliphatic carbocycles. The second kappa shape index (κ2) is 9.28. The number of carboxylic acids is 2. The summed E-state index contributed by atoms with van der Waals surface area (Å²) < 4.78 is 0. The Balaban J connectivity index is 4.66. The largest absolute Gasteiger partial charge is 0.481 e. The van der Waals surface area contributed by atoms with Crippen LogP contribution in [0.1, 0.15) is 13.3 Å². The molecule has 124 valence electrons. The van der Waals surface area contributed by atoms with Crippen LogP contribution in [-0.4, -0.2) is 65.0 Å². The van der Waals surface area contributed by atoms with Gasteiger partial charge >= 0.3 is 11.9 Å². The Morgan fingerprint density at radius 1 is 1.05 bits per heavy atom. The molecular weight excluding hydrogens is 300 g/mol. The van der Waals surface area contributed by atoms with Gasteiger partial charge in [-0.3, -0.25) is 24.0 Å². The topological polar surface area (TPSA) is 188 Å². The van der Waals surface area contributed by atoms with Gasteiger partial charge in [0.2, 0.25) is 17.7 Å². The average Bonchev–Trinajstić information content (AvgIpc) is 2.43. The summed E-state index contributed by atoms with van der Waals surface area (Å²) in [7, 11) is 0. The number of carbonyl (C=O) groups is 5. The maximum Gasteiger partial charge on any atom is 0.325 e. The number of hydrogen-bond acceptors (Lipinski definition) is 6. The molecule has 0 aromatic carbocycles. The van der Waals surface area contributed by atoms with E-state index in [0.29, 0.717) is 0 Å². The van der Waals surface area contributed by atoms with E-state index >= 15 is 0 Å². The normalized spacial score (nSPS) is 12.6. The Kier molecular flexibility index (Phi) is 8.15. The van der Waals surface area contributed by atoms with Crippen molar-refractivity contribution in [3.05, 3.63) is 0 Å². The number of rotatable bonds is 9. The van der Waals surface area contributed by atoms with Crippen molar-refractivity contribution < 1.29 is 34.2 Å². The molecule has 0 bridgehead atoms. The number of aliphatic carboxylic acids is 2. The summed E-state index contributed by atoms with van der Waals surface area (Å²) in [4.78, 5) is 55.5. The maximum atomic E-state index is 11.8. The third kappa shape index (κ3) is 7.79. The lowest BCUT2D eigenvalue weighted by molar-refractivity contribution is -0.143. The number of carbonyl (C=O) groups excluding carboxylic acids is 3. The molecule has 0 saturated heterocycles. The van der Waals surface area contributed by atoms with Crippen LogP contribution in [0.25, 0.3) is 0 Å². The molecule has 0 rings (SSSR count). The molecule has 11 nitrogen and oxygen atoms in total. The van der Waals surface area contributed by atoms with Gasteiger partial charge in [-0.2, -0.15) is 0 Å². The molecule has 11 heteroatoms. The zero-order chi connectivity index (χ0) is 17.3. The lowest BCUT2D eigenvalue weighted by Crippen LogP contribution is -2.53. The number of hydrogen-bond donors (Lipinski definition) is 6. The van der Waals surface area contributed by atoms with E-state index in [-0.39, 0.29) is 6.54 Å². The van der Waals surface area contributed by atoms with E-state index in [1.165, 1.54) is 6.92 Å². The molecule has 0 unspecified atom stereocenters. The predicted molar refractivity (Wildman–Crippen MR) is 71.5 cm³/mol. The number of carboxylic acid groups (broad SMARTS) is 2. The first-order valence-corrected chi connectivity index (χ1v) is 6.18. The lowest BCUT2D eigenvalue weighted by atomic mass is 10.1. The Morgan fingerprint density at radius 3 is 2.09 bits per heavy atom. The summed E-state index contributed by atoms with van der Waals surface area (Å²) in [6.45, 7) is 0.359. The molecule has 0 saturated carbocycles. The van der Waals surface area contributed by atoms with Crippen molar-refractivity contribution in [3.63, 3.8) is 0 Å². The summed E-state index contributed by atoms with van der Waals surface area (Å²) in [6.07, 6.45) is -0.741. The van der Waals surface area contributed by atoms with E-state index in [2.05, 4.69) is 10.6 Å². The van der Waals surface area contributed by atoms with Gasteiger partial charge < -0.3 is 31.9 Å². The van der Waals surface area contributed by atoms with Crippen LogP contribution in [0.5, 0.6) is 0 Å². The molecule has 0 heterocycles. The Labute approximate surface area is 125 Å². The quantitative estimate of drug-likeness (QED) is 0.254. The minimum atomic E-state index is -1.47. The van der Waals surface area contributed by atoms with Gasteiger partial charge in [-0.1, -0.05) is 0 Å². The van der Waals surface area contributed by atoms with Gasteiger partial charge in [0.15, 0.2) is 0 Å². The summed E-state index contributed by atoms with van der Waals surface area (Å²) in [6, 6.07) is -2.72. The Bertz CT molecular complexity index is 465. The van der Waals surface area contributed by atoms with Crippen molar-refractivity contribution in [3.8, 4) is 0 Å². The van der Waals surface area contributed by atoms with E-state index in [4.69, 9.17) is 15.9 Å². The van der Waals surface area contributed by atoms with Gasteiger partial charge in [0.25, 0.3) is 0 Å². The molecule has 0 spiro atoms. The summed E-state index contributed by atoms with van der Waals surface area (Å²) in [5.74, 6) is -5.06. The molecule has 22 heavy (non-hydrogen) atoms. The number of nitrogens with two attached hydrogens (primary N) is 1. The summed E-state index contributed by atoms with van der Waals surface area (Å²) in [5.41, 5.74) is 5.02. The van der Waals surface area contributed by atoms with Crippen LogP contribution in [-0.2, 0) is 24.0 Å². The van der Waals surface area contributed by atoms with E-state index in [1.807, 2.05) is 5.32 Å². The summed E-state index contributed by atoms with van der Waals surface area (Å²) in [5, 5.41) is 23.7. The van der Waals surface area contributed by atoms with Crippen LogP contribution >= 0.6 is 0 Å². The van der Waals surface area contributed by atoms with Crippen molar-refractivity contribution in [2.24, 2.45) is 5.73 Å². The van der Waals surface area contributed by atoms with Gasteiger partial charge in [0.1, 0.15) is 12.1 Å². The lowest BCUT2D eigenvalue weighted by Gasteiger charge is -2.18. The second-order valence-electron chi connectivity index (χ2n) is 4.27. The first-order valence-electron chi connectivity index (χ1n) is 6.18. The summed E-state index contributed by atoms with van der Waals surface area (Å²) >= 11 is 0. The van der Waals surface area contributed by atoms with Gasteiger partial charge in [-0.15, -0.1) is 0 Å². The van der Waals surface area contributed by atoms with E-state index in [1.54, 1.807) is 0 Å². The van der Waals surface area contributed by atoms with Crippen molar-refractivity contribution in [2.75, 3.05) is 13.1 Å². The standard InChI is InChI=1S/C11H18N4O7/c1-5(11(21)22)14-10(20)6(2-9(18)19)15-8(17)4-13-7(16)3-12/h5-6H,2-4,12H2,1H3,(H,13,16)(H,14,20)(H,15,17)(H,18,19)(H,21,22)/t5-,6-/m0/s1. The highest BCUT2D eigenvalue weighted by Gasteiger charge is 2.26. The Morgan fingerprint density at radius 2 is 1.64 bits per heavy atom. The van der Waals surface area contributed by atoms with Crippen molar-refractivity contribution >= 4 is 29.7 Å². The SMILES string of the molecule is C[C@H](NC(=O)[C@H](CC(=O)O)NC(=O)CNC(=O)CN)C(=O)O. The smallest absolute Gasteiger partial charge is 0.325 e. The van der Waals surface area contributed by atoms with E-state index in [0.717, 1.165) is 0 Å². The minimum absolute atomic E-state index is 0.331. The van der Waals surface area contributed by atoms with Gasteiger partial charge in [-0.05, 0) is 6.92 Å². The van der Waals surface area contributed by atoms with Crippen molar-refractivity contribution in [2.45, 2.75) is 25.4 Å². The monoisotopic (exact) mass is 318 g/mol. The molecule has 3 amide bonds. The zero-order valence-electron chi connectivity index (χ0n) is 11.8. The predicted octanol–water partition coefficient (Wildman–Crippen LogP) is -3.39. The molecule has 0 fully saturated rings. The van der Waals surface area contributed by atoms with Gasteiger partial charge in [0.05, 0.1) is 19.5 Å². The average molecular weight is 318 g/mol. The molecule has 0 aromatic heterocycles. The molecule has 0 aliphatic rings. The fraction of sp³-hybridized carbons (Fsp3) is 0.545. The van der Waals surface area contributed by atoms with Crippen LogP contribution in [0.15, 0.2) is 0 Å². The second-order valence-corrected chi connectivity index (χ2v) is 4.27. The molecule has 2 atom stereocenters. The van der Waals surface area contributed by atoms with Crippen LogP contribution < -0.4 is 21.7 Å². The first kappa shape index (κ1) is 19.3. The zero-order valence-corrected chi connectivity index (χ0v) is 11.8. The molecular formula is C11H18N4O7. The van der Waals surface area contributed by atoms with Crippen LogP contribution in [0.2, 0.25) is 0 Å². The van der Waals surface area contributed by atoms with E-state index in [9.17, 15) is 24.0 Å². The van der Waals surface area contributed by atoms with Gasteiger partial charge in [-0.25, -0.2) is 0 Å². The van der Waals surface area contributed by atoms with Crippen molar-refractivity contribution in [1.82, 2.24) is 16.0 Å². The third-order valence-electron chi connectivity index (χ3n) is 2.39. The molecule has 0 aliphatic heterocycles. The van der Waals surface area contributed by atoms with Crippen LogP contribution in [0, 0.1) is 0 Å². The fourth-order valence-electron chi connectivity index (χ4n) is 1.26.